The van der Waals surface area contributed by atoms with E-state index in [1.54, 1.807) is 0 Å². The predicted molar refractivity (Wildman–Crippen MR) is 79.9 cm³/mol. The minimum Gasteiger partial charge on any atom is -0.357 e. The van der Waals surface area contributed by atoms with Crippen LogP contribution in [0.2, 0.25) is 0 Å². The molecule has 102 valence electrons. The summed E-state index contributed by atoms with van der Waals surface area (Å²) in [6.45, 7) is 14.7. The van der Waals surface area contributed by atoms with Gasteiger partial charge in [-0.25, -0.2) is 4.99 Å². The first kappa shape index (κ1) is 15.0. The van der Waals surface area contributed by atoms with Crippen LogP contribution in [0.5, 0.6) is 0 Å². The van der Waals surface area contributed by atoms with E-state index in [0.717, 1.165) is 38.2 Å². The van der Waals surface area contributed by atoms with Crippen molar-refractivity contribution in [2.45, 2.75) is 27.2 Å². The number of likely N-dealkylation sites (N-methyl/N-ethyl adjacent to an activating group) is 1. The van der Waals surface area contributed by atoms with Gasteiger partial charge in [-0.2, -0.15) is 0 Å². The molecule has 1 unspecified atom stereocenters. The minimum absolute atomic E-state index is 0.516. The van der Waals surface area contributed by atoms with Gasteiger partial charge in [0.1, 0.15) is 5.84 Å². The molecule has 1 rings (SSSR count). The standard InChI is InChI=1S/C15H27N3/c1-6-13(3)12-16-15(14(4)7-2)18-10-8-17(5)9-11-18/h6,12,14H,1,7-11H2,2-5H3/b13-12+,16-15+. The third-order valence-corrected chi connectivity index (χ3v) is 3.60. The molecule has 3 nitrogen and oxygen atoms in total. The van der Waals surface area contributed by atoms with E-state index in [0.29, 0.717) is 5.92 Å². The molecule has 0 aromatic rings. The molecular formula is C15H27N3. The van der Waals surface area contributed by atoms with Gasteiger partial charge in [-0.1, -0.05) is 26.5 Å². The first-order valence-electron chi connectivity index (χ1n) is 6.88. The van der Waals surface area contributed by atoms with Crippen LogP contribution in [0.25, 0.3) is 0 Å². The minimum atomic E-state index is 0.516. The molecule has 1 saturated heterocycles. The molecule has 0 radical (unpaired) electrons. The molecule has 3 heteroatoms. The van der Waals surface area contributed by atoms with Gasteiger partial charge in [0.05, 0.1) is 0 Å². The van der Waals surface area contributed by atoms with Gasteiger partial charge in [-0.05, 0) is 26.0 Å². The van der Waals surface area contributed by atoms with Crippen molar-refractivity contribution in [3.63, 3.8) is 0 Å². The average molecular weight is 249 g/mol. The Hall–Kier alpha value is -1.09. The number of hydrogen-bond donors (Lipinski definition) is 0. The lowest BCUT2D eigenvalue weighted by Crippen LogP contribution is -2.48. The monoisotopic (exact) mass is 249 g/mol. The fourth-order valence-corrected chi connectivity index (χ4v) is 1.96. The largest absolute Gasteiger partial charge is 0.357 e. The first-order chi connectivity index (χ1) is 8.58. The molecule has 0 saturated carbocycles. The SMILES string of the molecule is C=C/C(C)=C/N=C(\C(C)CC)N1CCN(C)CC1. The summed E-state index contributed by atoms with van der Waals surface area (Å²) in [7, 11) is 2.18. The van der Waals surface area contributed by atoms with Crippen LogP contribution in [0.1, 0.15) is 27.2 Å². The van der Waals surface area contributed by atoms with Crippen molar-refractivity contribution in [2.24, 2.45) is 10.9 Å². The second kappa shape index (κ2) is 7.37. The van der Waals surface area contributed by atoms with Gasteiger partial charge in [0.15, 0.2) is 0 Å². The average Bonchev–Trinajstić information content (AvgIpc) is 2.40. The molecule has 1 aliphatic heterocycles. The molecular weight excluding hydrogens is 222 g/mol. The predicted octanol–water partition coefficient (Wildman–Crippen LogP) is 2.77. The number of nitrogens with zero attached hydrogens (tertiary/aromatic N) is 3. The molecule has 1 heterocycles. The number of allylic oxidation sites excluding steroid dienone is 2. The summed E-state index contributed by atoms with van der Waals surface area (Å²) >= 11 is 0. The Labute approximate surface area is 112 Å². The van der Waals surface area contributed by atoms with Gasteiger partial charge in [-0.3, -0.25) is 0 Å². The van der Waals surface area contributed by atoms with Crippen LogP contribution >= 0.6 is 0 Å². The second-order valence-electron chi connectivity index (χ2n) is 5.16. The quantitative estimate of drug-likeness (QED) is 0.433. The van der Waals surface area contributed by atoms with Crippen LogP contribution in [0, 0.1) is 5.92 Å². The molecule has 0 aliphatic carbocycles. The molecule has 1 aliphatic rings. The molecule has 1 fully saturated rings. The van der Waals surface area contributed by atoms with Crippen molar-refractivity contribution in [1.82, 2.24) is 9.80 Å². The van der Waals surface area contributed by atoms with Gasteiger partial charge in [0, 0.05) is 38.3 Å². The van der Waals surface area contributed by atoms with Gasteiger partial charge < -0.3 is 9.80 Å². The van der Waals surface area contributed by atoms with Crippen LogP contribution in [0.3, 0.4) is 0 Å². The number of rotatable bonds is 4. The second-order valence-corrected chi connectivity index (χ2v) is 5.16. The van der Waals surface area contributed by atoms with Crippen LogP contribution in [0.4, 0.5) is 0 Å². The summed E-state index contributed by atoms with van der Waals surface area (Å²) in [6, 6.07) is 0. The summed E-state index contributed by atoms with van der Waals surface area (Å²) in [4.78, 5) is 9.51. The van der Waals surface area contributed by atoms with Gasteiger partial charge in [0.25, 0.3) is 0 Å². The number of piperazine rings is 1. The van der Waals surface area contributed by atoms with Crippen LogP contribution < -0.4 is 0 Å². The van der Waals surface area contributed by atoms with Crippen molar-refractivity contribution < 1.29 is 0 Å². The molecule has 0 bridgehead atoms. The zero-order valence-electron chi connectivity index (χ0n) is 12.3. The van der Waals surface area contributed by atoms with E-state index < -0.39 is 0 Å². The molecule has 0 amide bonds. The molecule has 0 aromatic carbocycles. The fourth-order valence-electron chi connectivity index (χ4n) is 1.96. The lowest BCUT2D eigenvalue weighted by atomic mass is 10.1. The lowest BCUT2D eigenvalue weighted by molar-refractivity contribution is 0.210. The van der Waals surface area contributed by atoms with E-state index >= 15 is 0 Å². The van der Waals surface area contributed by atoms with Crippen LogP contribution in [0.15, 0.2) is 29.4 Å². The molecule has 0 aromatic heterocycles. The number of amidine groups is 1. The third kappa shape index (κ3) is 4.30. The Morgan fingerprint density at radius 2 is 1.94 bits per heavy atom. The van der Waals surface area contributed by atoms with Crippen LogP contribution in [-0.2, 0) is 0 Å². The lowest BCUT2D eigenvalue weighted by Gasteiger charge is -2.36. The van der Waals surface area contributed by atoms with Crippen molar-refractivity contribution in [3.05, 3.63) is 24.4 Å². The maximum Gasteiger partial charge on any atom is 0.107 e. The maximum atomic E-state index is 4.70. The zero-order valence-corrected chi connectivity index (χ0v) is 12.3. The number of hydrogen-bond acceptors (Lipinski definition) is 2. The highest BCUT2D eigenvalue weighted by molar-refractivity contribution is 5.85. The normalized spacial score (nSPS) is 21.0. The highest BCUT2D eigenvalue weighted by atomic mass is 15.3. The summed E-state index contributed by atoms with van der Waals surface area (Å²) in [5.41, 5.74) is 1.12. The smallest absolute Gasteiger partial charge is 0.107 e. The summed E-state index contributed by atoms with van der Waals surface area (Å²) in [5.74, 6) is 1.74. The summed E-state index contributed by atoms with van der Waals surface area (Å²) in [5, 5.41) is 0. The summed E-state index contributed by atoms with van der Waals surface area (Å²) < 4.78 is 0. The molecule has 1 atom stereocenters. The van der Waals surface area contributed by atoms with Crippen molar-refractivity contribution >= 4 is 5.84 Å². The van der Waals surface area contributed by atoms with E-state index in [-0.39, 0.29) is 0 Å². The highest BCUT2D eigenvalue weighted by Gasteiger charge is 2.20. The Kier molecular flexibility index (Phi) is 6.13. The molecule has 0 N–H and O–H groups in total. The van der Waals surface area contributed by atoms with Crippen molar-refractivity contribution in [2.75, 3.05) is 33.2 Å². The topological polar surface area (TPSA) is 18.8 Å². The molecule has 18 heavy (non-hydrogen) atoms. The van der Waals surface area contributed by atoms with Crippen molar-refractivity contribution in [3.8, 4) is 0 Å². The van der Waals surface area contributed by atoms with Crippen molar-refractivity contribution in [1.29, 1.82) is 0 Å². The fraction of sp³-hybridized carbons (Fsp3) is 0.667. The molecule has 0 spiro atoms. The van der Waals surface area contributed by atoms with Gasteiger partial charge in [-0.15, -0.1) is 0 Å². The number of aliphatic imine (C=N–C) groups is 1. The Morgan fingerprint density at radius 1 is 1.33 bits per heavy atom. The van der Waals surface area contributed by atoms with Gasteiger partial charge >= 0.3 is 0 Å². The van der Waals surface area contributed by atoms with E-state index in [1.165, 1.54) is 5.84 Å². The van der Waals surface area contributed by atoms with Gasteiger partial charge in [0.2, 0.25) is 0 Å². The van der Waals surface area contributed by atoms with E-state index in [9.17, 15) is 0 Å². The first-order valence-corrected chi connectivity index (χ1v) is 6.88. The maximum absolute atomic E-state index is 4.70. The Morgan fingerprint density at radius 3 is 2.44 bits per heavy atom. The van der Waals surface area contributed by atoms with E-state index in [1.807, 2.05) is 19.2 Å². The van der Waals surface area contributed by atoms with E-state index in [2.05, 4.69) is 37.3 Å². The summed E-state index contributed by atoms with van der Waals surface area (Å²) in [6.07, 6.45) is 4.92. The third-order valence-electron chi connectivity index (χ3n) is 3.60. The van der Waals surface area contributed by atoms with Crippen LogP contribution in [-0.4, -0.2) is 48.9 Å². The zero-order chi connectivity index (χ0) is 13.5. The van der Waals surface area contributed by atoms with E-state index in [4.69, 9.17) is 4.99 Å². The Balaban J connectivity index is 2.81. The Bertz CT molecular complexity index is 323. The highest BCUT2D eigenvalue weighted by Crippen LogP contribution is 2.12.